The highest BCUT2D eigenvalue weighted by Gasteiger charge is 2.30. The van der Waals surface area contributed by atoms with E-state index >= 15 is 0 Å². The number of rotatable bonds is 8. The lowest BCUT2D eigenvalue weighted by atomic mass is 9.96. The van der Waals surface area contributed by atoms with Crippen LogP contribution < -0.4 is 0 Å². The number of aliphatic hydroxyl groups is 1. The van der Waals surface area contributed by atoms with Gasteiger partial charge in [0.05, 0.1) is 12.2 Å². The fourth-order valence-electron chi connectivity index (χ4n) is 2.51. The van der Waals surface area contributed by atoms with Gasteiger partial charge in [0, 0.05) is 6.61 Å². The van der Waals surface area contributed by atoms with Crippen LogP contribution in [0.5, 0.6) is 0 Å². The van der Waals surface area contributed by atoms with Crippen molar-refractivity contribution >= 4 is 0 Å². The van der Waals surface area contributed by atoms with E-state index in [4.69, 9.17) is 4.74 Å². The topological polar surface area (TPSA) is 29.5 Å². The first-order valence-electron chi connectivity index (χ1n) is 7.05. The van der Waals surface area contributed by atoms with Gasteiger partial charge in [-0.3, -0.25) is 0 Å². The SMILES string of the molecule is CCCCCCCCC(O)C1OCCC1C. The van der Waals surface area contributed by atoms with E-state index < -0.39 is 0 Å². The van der Waals surface area contributed by atoms with Crippen LogP contribution in [0.1, 0.15) is 65.2 Å². The Labute approximate surface area is 100 Å². The zero-order valence-electron chi connectivity index (χ0n) is 11.0. The van der Waals surface area contributed by atoms with Crippen molar-refractivity contribution in [2.45, 2.75) is 77.4 Å². The molecule has 0 radical (unpaired) electrons. The molecule has 0 aromatic heterocycles. The fraction of sp³-hybridized carbons (Fsp3) is 1.00. The van der Waals surface area contributed by atoms with Gasteiger partial charge in [0.25, 0.3) is 0 Å². The molecule has 0 saturated carbocycles. The van der Waals surface area contributed by atoms with Crippen molar-refractivity contribution in [3.8, 4) is 0 Å². The molecule has 96 valence electrons. The first-order chi connectivity index (χ1) is 7.75. The van der Waals surface area contributed by atoms with Crippen molar-refractivity contribution < 1.29 is 9.84 Å². The summed E-state index contributed by atoms with van der Waals surface area (Å²) in [5, 5.41) is 10.00. The Balaban J connectivity index is 1.99. The zero-order chi connectivity index (χ0) is 11.8. The molecule has 0 aromatic rings. The van der Waals surface area contributed by atoms with Gasteiger partial charge in [0.2, 0.25) is 0 Å². The van der Waals surface area contributed by atoms with Crippen molar-refractivity contribution in [1.82, 2.24) is 0 Å². The molecule has 1 fully saturated rings. The Morgan fingerprint density at radius 2 is 1.88 bits per heavy atom. The number of ether oxygens (including phenoxy) is 1. The molecule has 1 aliphatic rings. The van der Waals surface area contributed by atoms with Crippen molar-refractivity contribution in [2.24, 2.45) is 5.92 Å². The summed E-state index contributed by atoms with van der Waals surface area (Å²) in [6, 6.07) is 0. The molecule has 0 aromatic carbocycles. The standard InChI is InChI=1S/C14H28O2/c1-3-4-5-6-7-8-9-13(15)14-12(2)10-11-16-14/h12-15H,3-11H2,1-2H3. The molecule has 3 atom stereocenters. The van der Waals surface area contributed by atoms with Gasteiger partial charge in [-0.15, -0.1) is 0 Å². The lowest BCUT2D eigenvalue weighted by Crippen LogP contribution is -2.29. The molecule has 0 aliphatic carbocycles. The highest BCUT2D eigenvalue weighted by Crippen LogP contribution is 2.25. The van der Waals surface area contributed by atoms with E-state index in [0.29, 0.717) is 5.92 Å². The van der Waals surface area contributed by atoms with Crippen LogP contribution in [0.3, 0.4) is 0 Å². The summed E-state index contributed by atoms with van der Waals surface area (Å²) in [6.45, 7) is 5.25. The molecule has 0 bridgehead atoms. The van der Waals surface area contributed by atoms with E-state index in [9.17, 15) is 5.11 Å². The second-order valence-electron chi connectivity index (χ2n) is 5.23. The van der Waals surface area contributed by atoms with Crippen LogP contribution >= 0.6 is 0 Å². The third-order valence-corrected chi connectivity index (χ3v) is 3.68. The summed E-state index contributed by atoms with van der Waals surface area (Å²) in [5.74, 6) is 0.537. The van der Waals surface area contributed by atoms with E-state index in [-0.39, 0.29) is 12.2 Å². The maximum atomic E-state index is 10.00. The predicted molar refractivity (Wildman–Crippen MR) is 67.5 cm³/mol. The Morgan fingerprint density at radius 1 is 1.19 bits per heavy atom. The van der Waals surface area contributed by atoms with Crippen LogP contribution in [-0.4, -0.2) is 23.9 Å². The predicted octanol–water partition coefficient (Wildman–Crippen LogP) is 3.52. The van der Waals surface area contributed by atoms with Crippen molar-refractivity contribution in [1.29, 1.82) is 0 Å². The van der Waals surface area contributed by atoms with E-state index in [0.717, 1.165) is 25.9 Å². The Morgan fingerprint density at radius 3 is 2.50 bits per heavy atom. The molecule has 0 spiro atoms. The van der Waals surface area contributed by atoms with E-state index in [1.165, 1.54) is 32.1 Å². The third-order valence-electron chi connectivity index (χ3n) is 3.68. The van der Waals surface area contributed by atoms with Crippen LogP contribution in [0, 0.1) is 5.92 Å². The first kappa shape index (κ1) is 14.0. The average molecular weight is 228 g/mol. The highest BCUT2D eigenvalue weighted by atomic mass is 16.5. The summed E-state index contributed by atoms with van der Waals surface area (Å²) in [5.41, 5.74) is 0. The van der Waals surface area contributed by atoms with Gasteiger partial charge in [0.1, 0.15) is 0 Å². The lowest BCUT2D eigenvalue weighted by Gasteiger charge is -2.21. The molecule has 0 amide bonds. The minimum absolute atomic E-state index is 0.107. The third kappa shape index (κ3) is 4.84. The second-order valence-corrected chi connectivity index (χ2v) is 5.23. The minimum atomic E-state index is -0.233. The summed E-state index contributed by atoms with van der Waals surface area (Å²) < 4.78 is 5.57. The smallest absolute Gasteiger partial charge is 0.0860 e. The molecule has 1 heterocycles. The molecular weight excluding hydrogens is 200 g/mol. The molecule has 3 unspecified atom stereocenters. The average Bonchev–Trinajstić information content (AvgIpc) is 2.69. The van der Waals surface area contributed by atoms with E-state index in [1.54, 1.807) is 0 Å². The summed E-state index contributed by atoms with van der Waals surface area (Å²) >= 11 is 0. The van der Waals surface area contributed by atoms with E-state index in [2.05, 4.69) is 13.8 Å². The maximum Gasteiger partial charge on any atom is 0.0860 e. The summed E-state index contributed by atoms with van der Waals surface area (Å²) in [6.07, 6.45) is 9.64. The molecule has 1 N–H and O–H groups in total. The fourth-order valence-corrected chi connectivity index (χ4v) is 2.51. The number of hydrogen-bond donors (Lipinski definition) is 1. The summed E-state index contributed by atoms with van der Waals surface area (Å²) in [4.78, 5) is 0. The van der Waals surface area contributed by atoms with E-state index in [1.807, 2.05) is 0 Å². The molecular formula is C14H28O2. The van der Waals surface area contributed by atoms with Gasteiger partial charge in [-0.05, 0) is 18.8 Å². The zero-order valence-corrected chi connectivity index (χ0v) is 11.0. The molecule has 16 heavy (non-hydrogen) atoms. The van der Waals surface area contributed by atoms with Gasteiger partial charge in [-0.2, -0.15) is 0 Å². The van der Waals surface area contributed by atoms with Gasteiger partial charge in [0.15, 0.2) is 0 Å². The quantitative estimate of drug-likeness (QED) is 0.644. The number of hydrogen-bond acceptors (Lipinski definition) is 2. The highest BCUT2D eigenvalue weighted by molar-refractivity contribution is 4.79. The van der Waals surface area contributed by atoms with Crippen molar-refractivity contribution in [3.05, 3.63) is 0 Å². The lowest BCUT2D eigenvalue weighted by molar-refractivity contribution is -0.0210. The molecule has 1 saturated heterocycles. The number of unbranched alkanes of at least 4 members (excludes halogenated alkanes) is 5. The maximum absolute atomic E-state index is 10.00. The molecule has 1 aliphatic heterocycles. The van der Waals surface area contributed by atoms with Crippen molar-refractivity contribution in [3.63, 3.8) is 0 Å². The molecule has 2 nitrogen and oxygen atoms in total. The van der Waals surface area contributed by atoms with Crippen LogP contribution in [0.15, 0.2) is 0 Å². The number of aliphatic hydroxyl groups excluding tert-OH is 1. The Bertz CT molecular complexity index is 170. The van der Waals surface area contributed by atoms with Crippen LogP contribution in [0.25, 0.3) is 0 Å². The second kappa shape index (κ2) is 8.08. The van der Waals surface area contributed by atoms with Crippen molar-refractivity contribution in [2.75, 3.05) is 6.61 Å². The molecule has 2 heteroatoms. The normalized spacial score (nSPS) is 27.2. The van der Waals surface area contributed by atoms with Crippen LogP contribution in [-0.2, 0) is 4.74 Å². The monoisotopic (exact) mass is 228 g/mol. The van der Waals surface area contributed by atoms with Gasteiger partial charge >= 0.3 is 0 Å². The van der Waals surface area contributed by atoms with Crippen LogP contribution in [0.2, 0.25) is 0 Å². The largest absolute Gasteiger partial charge is 0.390 e. The van der Waals surface area contributed by atoms with Gasteiger partial charge in [-0.25, -0.2) is 0 Å². The van der Waals surface area contributed by atoms with Gasteiger partial charge in [-0.1, -0.05) is 52.4 Å². The minimum Gasteiger partial charge on any atom is -0.390 e. The van der Waals surface area contributed by atoms with Gasteiger partial charge < -0.3 is 9.84 Å². The Hall–Kier alpha value is -0.0800. The molecule has 1 rings (SSSR count). The first-order valence-corrected chi connectivity index (χ1v) is 7.05. The van der Waals surface area contributed by atoms with Crippen LogP contribution in [0.4, 0.5) is 0 Å². The Kier molecular flexibility index (Phi) is 7.06. The summed E-state index contributed by atoms with van der Waals surface area (Å²) in [7, 11) is 0.